The van der Waals surface area contributed by atoms with Crippen LogP contribution < -0.4 is 20.7 Å². The minimum Gasteiger partial charge on any atom is -0.483 e. The third kappa shape index (κ3) is 17.8. The van der Waals surface area contributed by atoms with Crippen LogP contribution >= 0.6 is 15.9 Å². The second kappa shape index (κ2) is 32.5. The number of hydrogen-bond acceptors (Lipinski definition) is 14. The van der Waals surface area contributed by atoms with E-state index in [-0.39, 0.29) is 55.1 Å². The molecule has 0 aliphatic carbocycles. The van der Waals surface area contributed by atoms with Crippen molar-refractivity contribution < 1.29 is 51.7 Å². The molecular formula is C62H73BrF3N13O8. The predicted octanol–water partition coefficient (Wildman–Crippen LogP) is 12.3. The molecular weight excluding hydrogens is 1190 g/mol. The molecule has 0 radical (unpaired) electrons. The van der Waals surface area contributed by atoms with Crippen LogP contribution in [-0.4, -0.2) is 119 Å². The van der Waals surface area contributed by atoms with Gasteiger partial charge in [-0.1, -0.05) is 53.1 Å². The van der Waals surface area contributed by atoms with E-state index in [0.717, 1.165) is 44.9 Å². The number of carboxylic acid groups (broad SMARTS) is 1. The number of alkyl halides is 1. The summed E-state index contributed by atoms with van der Waals surface area (Å²) in [6, 6.07) is 26.3. The van der Waals surface area contributed by atoms with Crippen molar-refractivity contribution in [3.05, 3.63) is 180 Å². The first-order valence-corrected chi connectivity index (χ1v) is 28.3. The van der Waals surface area contributed by atoms with Gasteiger partial charge in [0.15, 0.2) is 24.6 Å². The van der Waals surface area contributed by atoms with Crippen molar-refractivity contribution in [1.29, 1.82) is 0 Å². The number of methoxy groups -OCH3 is 4. The molecule has 5 N–H and O–H groups in total. The number of aliphatic imine (C=N–C) groups is 1. The first-order chi connectivity index (χ1) is 41.8. The van der Waals surface area contributed by atoms with Crippen LogP contribution in [0, 0.1) is 31.3 Å². The Bertz CT molecular complexity index is 3870. The molecule has 0 saturated heterocycles. The third-order valence-electron chi connectivity index (χ3n) is 12.7. The Morgan fingerprint density at radius 1 is 0.759 bits per heavy atom. The van der Waals surface area contributed by atoms with Crippen molar-refractivity contribution in [2.45, 2.75) is 84.6 Å². The number of halogens is 4. The van der Waals surface area contributed by atoms with Gasteiger partial charge in [-0.3, -0.25) is 14.6 Å². The van der Waals surface area contributed by atoms with Crippen molar-refractivity contribution >= 4 is 66.8 Å². The lowest BCUT2D eigenvalue weighted by Crippen LogP contribution is -2.33. The van der Waals surface area contributed by atoms with E-state index in [1.54, 1.807) is 56.3 Å². The fourth-order valence-corrected chi connectivity index (χ4v) is 8.70. The van der Waals surface area contributed by atoms with Crippen molar-refractivity contribution in [3.8, 4) is 23.1 Å². The fourth-order valence-electron chi connectivity index (χ4n) is 8.70. The summed E-state index contributed by atoms with van der Waals surface area (Å²) in [5.41, 5.74) is 16.5. The van der Waals surface area contributed by atoms with Gasteiger partial charge in [0.25, 0.3) is 6.47 Å². The number of pyridine rings is 2. The molecule has 8 heterocycles. The minimum atomic E-state index is -0.518. The van der Waals surface area contributed by atoms with Crippen molar-refractivity contribution in [1.82, 2.24) is 48.7 Å². The number of hydrogen-bond donors (Lipinski definition) is 4. The number of nitrogens with two attached hydrogens (primary N) is 1. The minimum absolute atomic E-state index is 0.108. The first-order valence-electron chi connectivity index (χ1n) is 27.3. The van der Waals surface area contributed by atoms with Gasteiger partial charge < -0.3 is 57.9 Å². The van der Waals surface area contributed by atoms with Gasteiger partial charge in [0.2, 0.25) is 11.8 Å². The number of fused-ring (bicyclic) bond motifs is 3. The van der Waals surface area contributed by atoms with Gasteiger partial charge in [0.1, 0.15) is 52.9 Å². The van der Waals surface area contributed by atoms with Gasteiger partial charge >= 0.3 is 0 Å². The predicted molar refractivity (Wildman–Crippen MR) is 334 cm³/mol. The lowest BCUT2D eigenvalue weighted by molar-refractivity contribution is -0.140. The molecule has 1 atom stereocenters. The van der Waals surface area contributed by atoms with Crippen LogP contribution in [0.2, 0.25) is 0 Å². The standard InChI is InChI=1S/C24H25FN6O2.C15H21N5O4.C11H12FN.C8H6FN.C3H7Br.CH2O2/c1-14(2)31-11-16(22-17(25)6-5-7-20(22)31)19-12-33-29-23(27-19)18-8-9-21(24(28-18)32-4)30-10-15(3)26-13-30;1-10-7-20(9-17-10)12-6-5-11(18-15(12)23-4)14(16)19-24-8-13(21-2)22-3;1-8(2)13-7-6-9-10(12)4-3-5-11(9)13;9-7-2-1-3-8-6(7)4-5-10-8;1-3(2)4;2-1-3/h5-11,13-14,19H,12H2,1-4H3,(H,27,29);5-7,9,13H,8H2,1-4H3,(H2,16,19);3-8H,1-2H3;1-5,10H;3H,1-2H3;1H,(H,2,3). The number of aryl methyl sites for hydroxylation is 2. The molecule has 21 nitrogen and oxygen atoms in total. The van der Waals surface area contributed by atoms with E-state index < -0.39 is 6.29 Å². The number of oxime groups is 1. The zero-order valence-corrected chi connectivity index (χ0v) is 52.0. The summed E-state index contributed by atoms with van der Waals surface area (Å²) >= 11 is 3.27. The largest absolute Gasteiger partial charge is 0.483 e. The summed E-state index contributed by atoms with van der Waals surface area (Å²) < 4.78 is 69.5. The number of amidine groups is 2. The van der Waals surface area contributed by atoms with E-state index >= 15 is 0 Å². The number of nitrogens with one attached hydrogen (secondary N) is 2. The van der Waals surface area contributed by atoms with Gasteiger partial charge in [-0.25, -0.2) is 38.6 Å². The third-order valence-corrected chi connectivity index (χ3v) is 12.7. The number of aromatic amines is 1. The zero-order valence-electron chi connectivity index (χ0n) is 50.4. The molecule has 11 rings (SSSR count). The molecule has 87 heavy (non-hydrogen) atoms. The molecule has 10 aromatic rings. The Hall–Kier alpha value is -9.04. The van der Waals surface area contributed by atoms with E-state index in [1.807, 2.05) is 90.2 Å². The maximum absolute atomic E-state index is 14.9. The SMILES string of the molecule is CC(C)Br.CC(C)n1ccc2c(F)cccc21.COc1nc(/C(N)=N/OCC(OC)OC)ccc1-n1cnc(C)c1.COc1nc(C2=NC(c3cn(C(C)C)c4cccc(F)c34)CON2)ccc1-n1cnc(C)c1.Fc1cccc2[nH]ccc12.O=CO. The van der Waals surface area contributed by atoms with Gasteiger partial charge in [0.05, 0.1) is 49.3 Å². The molecule has 0 spiro atoms. The Kier molecular flexibility index (Phi) is 25.0. The molecule has 25 heteroatoms. The van der Waals surface area contributed by atoms with E-state index in [1.165, 1.54) is 39.5 Å². The van der Waals surface area contributed by atoms with Crippen LogP contribution in [0.25, 0.3) is 44.1 Å². The number of benzene rings is 3. The molecule has 1 aliphatic rings. The maximum Gasteiger partial charge on any atom is 0.290 e. The lowest BCUT2D eigenvalue weighted by Gasteiger charge is -2.22. The summed E-state index contributed by atoms with van der Waals surface area (Å²) in [6.07, 6.45) is 12.3. The Morgan fingerprint density at radius 2 is 1.32 bits per heavy atom. The molecule has 0 amide bonds. The average Bonchev–Trinajstić information content (AvgIpc) is 1.79. The highest BCUT2D eigenvalue weighted by Gasteiger charge is 2.26. The number of hydroxylamine groups is 1. The number of imidazole rings is 2. The highest BCUT2D eigenvalue weighted by Crippen LogP contribution is 2.34. The zero-order chi connectivity index (χ0) is 63.3. The van der Waals surface area contributed by atoms with Crippen molar-refractivity contribution in [2.24, 2.45) is 15.9 Å². The maximum atomic E-state index is 14.9. The van der Waals surface area contributed by atoms with E-state index in [4.69, 9.17) is 49.2 Å². The molecule has 1 aliphatic heterocycles. The number of carbonyl (C=O) groups is 1. The van der Waals surface area contributed by atoms with Crippen LogP contribution in [0.5, 0.6) is 11.8 Å². The van der Waals surface area contributed by atoms with Crippen molar-refractivity contribution in [3.63, 3.8) is 0 Å². The summed E-state index contributed by atoms with van der Waals surface area (Å²) in [5.74, 6) is 0.827. The van der Waals surface area contributed by atoms with Gasteiger partial charge in [-0.15, -0.1) is 0 Å². The van der Waals surface area contributed by atoms with Crippen LogP contribution in [0.4, 0.5) is 13.2 Å². The number of H-pyrrole nitrogens is 1. The highest BCUT2D eigenvalue weighted by atomic mass is 79.9. The van der Waals surface area contributed by atoms with Gasteiger partial charge in [-0.2, -0.15) is 0 Å². The van der Waals surface area contributed by atoms with Gasteiger partial charge in [0, 0.05) is 89.4 Å². The Labute approximate surface area is 510 Å². The quantitative estimate of drug-likeness (QED) is 0.0198. The topological polar surface area (TPSA) is 243 Å². The number of rotatable bonds is 14. The van der Waals surface area contributed by atoms with Crippen LogP contribution in [-0.2, 0) is 23.9 Å². The van der Waals surface area contributed by atoms with Gasteiger partial charge in [-0.05, 0) is 114 Å². The summed E-state index contributed by atoms with van der Waals surface area (Å²) in [5, 5.41) is 12.6. The molecule has 7 aromatic heterocycles. The van der Waals surface area contributed by atoms with Crippen LogP contribution in [0.1, 0.15) is 88.0 Å². The van der Waals surface area contributed by atoms with E-state index in [2.05, 4.69) is 102 Å². The summed E-state index contributed by atoms with van der Waals surface area (Å²) in [4.78, 5) is 44.9. The van der Waals surface area contributed by atoms with Crippen molar-refractivity contribution in [2.75, 3.05) is 41.7 Å². The summed E-state index contributed by atoms with van der Waals surface area (Å²) in [6.45, 7) is 16.4. The van der Waals surface area contributed by atoms with E-state index in [9.17, 15) is 13.2 Å². The number of aromatic nitrogens is 9. The monoisotopic (exact) mass is 1260 g/mol. The van der Waals surface area contributed by atoms with E-state index in [0.29, 0.717) is 56.0 Å². The molecule has 0 fully saturated rings. The highest BCUT2D eigenvalue weighted by molar-refractivity contribution is 9.09. The lowest BCUT2D eigenvalue weighted by atomic mass is 10.1. The fraction of sp³-hybridized carbons (Fsp3) is 0.306. The second-order valence-electron chi connectivity index (χ2n) is 19.9. The Morgan fingerprint density at radius 3 is 1.89 bits per heavy atom. The molecule has 0 bridgehead atoms. The Balaban J connectivity index is 0.000000194. The molecule has 0 saturated carbocycles. The molecule has 1 unspecified atom stereocenters. The summed E-state index contributed by atoms with van der Waals surface area (Å²) in [7, 11) is 6.12. The number of ether oxygens (including phenoxy) is 4. The smallest absolute Gasteiger partial charge is 0.290 e. The molecule has 462 valence electrons. The average molecular weight is 1270 g/mol. The second-order valence-corrected chi connectivity index (χ2v) is 21.7. The molecule has 3 aromatic carbocycles. The first kappa shape index (κ1) is 67.1. The van der Waals surface area contributed by atoms with Crippen LogP contribution in [0.15, 0.2) is 145 Å². The number of nitrogens with zero attached hydrogens (tertiary/aromatic N) is 10. The normalized spacial score (nSPS) is 12.9. The van der Waals surface area contributed by atoms with Crippen LogP contribution in [0.3, 0.4) is 0 Å².